The maximum atomic E-state index is 5.03. The number of hydrogen-bond donors (Lipinski definition) is 0. The first-order valence-corrected chi connectivity index (χ1v) is 17.4. The molecule has 0 aliphatic rings. The van der Waals surface area contributed by atoms with E-state index in [4.69, 9.17) is 9.97 Å². The molecule has 4 heteroatoms. The third-order valence-corrected chi connectivity index (χ3v) is 10.1. The number of rotatable bonds is 5. The van der Waals surface area contributed by atoms with E-state index in [1.807, 2.05) is 24.3 Å². The minimum absolute atomic E-state index is 0.657. The molecule has 0 atom stereocenters. The summed E-state index contributed by atoms with van der Waals surface area (Å²) in [7, 11) is 0. The van der Waals surface area contributed by atoms with Crippen molar-refractivity contribution in [2.45, 2.75) is 0 Å². The van der Waals surface area contributed by atoms with Gasteiger partial charge in [0, 0.05) is 41.5 Å². The number of benzene rings is 7. The molecule has 4 nitrogen and oxygen atoms in total. The van der Waals surface area contributed by atoms with Gasteiger partial charge in [-0.1, -0.05) is 115 Å². The van der Waals surface area contributed by atoms with Gasteiger partial charge in [-0.25, -0.2) is 9.97 Å². The van der Waals surface area contributed by atoms with Crippen LogP contribution in [0.4, 0.5) is 0 Å². The Morgan fingerprint density at radius 1 is 0.288 bits per heavy atom. The smallest absolute Gasteiger partial charge is 0.160 e. The molecule has 0 spiro atoms. The SMILES string of the molecule is c1cc(-c2ccc(-c3cc4c5ccccc5c5ccccc5c4c4ccccc34)cc2)cc(-c2cc(-c3ccncc3)nc(-c3ccncc3)n2)c1. The van der Waals surface area contributed by atoms with E-state index in [2.05, 4.69) is 143 Å². The number of hydrogen-bond acceptors (Lipinski definition) is 4. The fourth-order valence-electron chi connectivity index (χ4n) is 7.60. The van der Waals surface area contributed by atoms with E-state index in [0.29, 0.717) is 5.82 Å². The Labute approximate surface area is 300 Å². The summed E-state index contributed by atoms with van der Waals surface area (Å²) in [6.45, 7) is 0. The van der Waals surface area contributed by atoms with Gasteiger partial charge in [-0.2, -0.15) is 0 Å². The van der Waals surface area contributed by atoms with Gasteiger partial charge in [0.05, 0.1) is 11.4 Å². The predicted octanol–water partition coefficient (Wildman–Crippen LogP) is 12.2. The molecule has 0 amide bonds. The number of nitrogens with zero attached hydrogens (tertiary/aromatic N) is 4. The summed E-state index contributed by atoms with van der Waals surface area (Å²) in [5.41, 5.74) is 9.32. The van der Waals surface area contributed by atoms with Crippen LogP contribution in [0.15, 0.2) is 183 Å². The van der Waals surface area contributed by atoms with Crippen LogP contribution in [0.25, 0.3) is 99.2 Å². The fraction of sp³-hybridized carbons (Fsp3) is 0. The molecule has 0 unspecified atom stereocenters. The second-order valence-electron chi connectivity index (χ2n) is 13.1. The second-order valence-corrected chi connectivity index (χ2v) is 13.1. The summed E-state index contributed by atoms with van der Waals surface area (Å²) in [6, 6.07) is 56.3. The van der Waals surface area contributed by atoms with Gasteiger partial charge in [0.1, 0.15) is 0 Å². The van der Waals surface area contributed by atoms with E-state index in [9.17, 15) is 0 Å². The molecule has 0 saturated carbocycles. The number of aromatic nitrogens is 4. The van der Waals surface area contributed by atoms with E-state index in [0.717, 1.165) is 39.2 Å². The highest BCUT2D eigenvalue weighted by atomic mass is 14.9. The van der Waals surface area contributed by atoms with Crippen molar-refractivity contribution in [1.82, 2.24) is 19.9 Å². The minimum Gasteiger partial charge on any atom is -0.265 e. The van der Waals surface area contributed by atoms with Crippen LogP contribution in [0.3, 0.4) is 0 Å². The second kappa shape index (κ2) is 12.4. The van der Waals surface area contributed by atoms with Gasteiger partial charge in [0.2, 0.25) is 0 Å². The van der Waals surface area contributed by atoms with Crippen molar-refractivity contribution < 1.29 is 0 Å². The van der Waals surface area contributed by atoms with Gasteiger partial charge >= 0.3 is 0 Å². The van der Waals surface area contributed by atoms with Gasteiger partial charge in [0.15, 0.2) is 5.82 Å². The topological polar surface area (TPSA) is 51.6 Å². The largest absolute Gasteiger partial charge is 0.265 e. The first-order valence-electron chi connectivity index (χ1n) is 17.4. The Morgan fingerprint density at radius 3 is 1.46 bits per heavy atom. The zero-order chi connectivity index (χ0) is 34.4. The van der Waals surface area contributed by atoms with Crippen molar-refractivity contribution in [3.05, 3.63) is 183 Å². The third-order valence-electron chi connectivity index (χ3n) is 10.1. The molecule has 3 heterocycles. The van der Waals surface area contributed by atoms with Crippen molar-refractivity contribution in [3.8, 4) is 56.2 Å². The van der Waals surface area contributed by atoms with Crippen molar-refractivity contribution in [1.29, 1.82) is 0 Å². The molecule has 10 aromatic rings. The van der Waals surface area contributed by atoms with Gasteiger partial charge in [-0.15, -0.1) is 0 Å². The summed E-state index contributed by atoms with van der Waals surface area (Å²) in [6.07, 6.45) is 7.12. The lowest BCUT2D eigenvalue weighted by molar-refractivity contribution is 1.17. The van der Waals surface area contributed by atoms with Crippen LogP contribution in [-0.4, -0.2) is 19.9 Å². The summed E-state index contributed by atoms with van der Waals surface area (Å²) in [4.78, 5) is 18.3. The van der Waals surface area contributed by atoms with Crippen LogP contribution in [0.5, 0.6) is 0 Å². The molecule has 0 bridgehead atoms. The summed E-state index contributed by atoms with van der Waals surface area (Å²) >= 11 is 0. The molecular weight excluding hydrogens is 633 g/mol. The first-order chi connectivity index (χ1) is 25.8. The summed E-state index contributed by atoms with van der Waals surface area (Å²) < 4.78 is 0. The average molecular weight is 663 g/mol. The Balaban J connectivity index is 1.08. The molecule has 10 rings (SSSR count). The van der Waals surface area contributed by atoms with Crippen molar-refractivity contribution in [3.63, 3.8) is 0 Å². The fourth-order valence-corrected chi connectivity index (χ4v) is 7.60. The first kappa shape index (κ1) is 29.8. The quantitative estimate of drug-likeness (QED) is 0.172. The molecule has 0 aliphatic carbocycles. The van der Waals surface area contributed by atoms with Gasteiger partial charge in [-0.3, -0.25) is 9.97 Å². The number of pyridine rings is 2. The molecule has 0 radical (unpaired) electrons. The number of fused-ring (bicyclic) bond motifs is 8. The monoisotopic (exact) mass is 662 g/mol. The molecule has 0 fully saturated rings. The Hall–Kier alpha value is -7.04. The maximum Gasteiger partial charge on any atom is 0.160 e. The molecular formula is C48H30N4. The Morgan fingerprint density at radius 2 is 0.788 bits per heavy atom. The predicted molar refractivity (Wildman–Crippen MR) is 215 cm³/mol. The zero-order valence-electron chi connectivity index (χ0n) is 28.1. The summed E-state index contributed by atoms with van der Waals surface area (Å²) in [5, 5.41) is 10.3. The highest BCUT2D eigenvalue weighted by Crippen LogP contribution is 2.43. The Bertz CT molecular complexity index is 2880. The van der Waals surface area contributed by atoms with E-state index < -0.39 is 0 Å². The van der Waals surface area contributed by atoms with Crippen molar-refractivity contribution >= 4 is 43.1 Å². The van der Waals surface area contributed by atoms with Crippen LogP contribution in [0.2, 0.25) is 0 Å². The molecule has 242 valence electrons. The highest BCUT2D eigenvalue weighted by Gasteiger charge is 2.16. The third kappa shape index (κ3) is 5.09. The molecule has 7 aromatic carbocycles. The standard InChI is InChI=1S/C48H30N4/c1-2-12-39-37(10-1)38-11-3-5-14-41(38)47-42-15-6-4-13-40(42)43(29-44(39)47)32-18-16-31(17-19-32)35-8-7-9-36(28-35)46-30-45(33-20-24-49-25-21-33)51-48(52-46)34-22-26-50-27-23-34/h1-30H. The van der Waals surface area contributed by atoms with E-state index in [-0.39, 0.29) is 0 Å². The highest BCUT2D eigenvalue weighted by molar-refractivity contribution is 6.33. The van der Waals surface area contributed by atoms with Crippen LogP contribution < -0.4 is 0 Å². The lowest BCUT2D eigenvalue weighted by Crippen LogP contribution is -1.96. The van der Waals surface area contributed by atoms with Crippen LogP contribution >= 0.6 is 0 Å². The average Bonchev–Trinajstić information content (AvgIpc) is 3.24. The van der Waals surface area contributed by atoms with Crippen LogP contribution in [0.1, 0.15) is 0 Å². The van der Waals surface area contributed by atoms with E-state index >= 15 is 0 Å². The van der Waals surface area contributed by atoms with Crippen LogP contribution in [-0.2, 0) is 0 Å². The van der Waals surface area contributed by atoms with Crippen molar-refractivity contribution in [2.24, 2.45) is 0 Å². The van der Waals surface area contributed by atoms with E-state index in [1.165, 1.54) is 54.2 Å². The zero-order valence-corrected chi connectivity index (χ0v) is 28.1. The minimum atomic E-state index is 0.657. The van der Waals surface area contributed by atoms with Crippen molar-refractivity contribution in [2.75, 3.05) is 0 Å². The van der Waals surface area contributed by atoms with Gasteiger partial charge < -0.3 is 0 Å². The molecule has 3 aromatic heterocycles. The van der Waals surface area contributed by atoms with Crippen LogP contribution in [0, 0.1) is 0 Å². The van der Waals surface area contributed by atoms with E-state index in [1.54, 1.807) is 24.8 Å². The lowest BCUT2D eigenvalue weighted by Gasteiger charge is -2.16. The molecule has 0 saturated heterocycles. The molecule has 0 N–H and O–H groups in total. The Kier molecular flexibility index (Phi) is 7.10. The molecule has 0 aliphatic heterocycles. The normalized spacial score (nSPS) is 11.5. The maximum absolute atomic E-state index is 5.03. The van der Waals surface area contributed by atoms with Gasteiger partial charge in [0.25, 0.3) is 0 Å². The summed E-state index contributed by atoms with van der Waals surface area (Å²) in [5.74, 6) is 0.657. The molecule has 52 heavy (non-hydrogen) atoms. The van der Waals surface area contributed by atoms with Gasteiger partial charge in [-0.05, 0) is 108 Å². The lowest BCUT2D eigenvalue weighted by atomic mass is 9.87.